The van der Waals surface area contributed by atoms with Crippen molar-refractivity contribution in [3.05, 3.63) is 34.1 Å². The van der Waals surface area contributed by atoms with Crippen molar-refractivity contribution in [2.24, 2.45) is 5.92 Å². The summed E-state index contributed by atoms with van der Waals surface area (Å²) in [5.74, 6) is 0.427. The van der Waals surface area contributed by atoms with Crippen LogP contribution in [0, 0.1) is 11.7 Å². The Balaban J connectivity index is 0.00000200. The number of hydrogen-bond donors (Lipinski definition) is 1. The summed E-state index contributed by atoms with van der Waals surface area (Å²) in [5.41, 5.74) is 1.08. The third kappa shape index (κ3) is 5.68. The lowest BCUT2D eigenvalue weighted by Crippen LogP contribution is -2.45. The Morgan fingerprint density at radius 3 is 2.43 bits per heavy atom. The first-order valence-corrected chi connectivity index (χ1v) is 7.77. The van der Waals surface area contributed by atoms with E-state index in [9.17, 15) is 4.39 Å². The highest BCUT2D eigenvalue weighted by molar-refractivity contribution is 9.10. The molecule has 1 aromatic rings. The normalized spacial score (nSPS) is 17.0. The zero-order valence-corrected chi connectivity index (χ0v) is 15.7. The molecule has 1 aliphatic rings. The third-order valence-electron chi connectivity index (χ3n) is 3.63. The molecule has 21 heavy (non-hydrogen) atoms. The van der Waals surface area contributed by atoms with Crippen molar-refractivity contribution < 1.29 is 4.39 Å². The molecule has 1 fully saturated rings. The molecule has 1 aliphatic heterocycles. The van der Waals surface area contributed by atoms with Crippen molar-refractivity contribution in [2.75, 3.05) is 26.2 Å². The number of hydrogen-bond acceptors (Lipinski definition) is 2. The molecule has 6 heteroatoms. The molecule has 0 spiro atoms. The van der Waals surface area contributed by atoms with Crippen molar-refractivity contribution in [1.29, 1.82) is 0 Å². The Hall–Kier alpha value is 0.130. The van der Waals surface area contributed by atoms with Crippen molar-refractivity contribution in [2.45, 2.75) is 26.3 Å². The van der Waals surface area contributed by atoms with Gasteiger partial charge in [-0.3, -0.25) is 4.90 Å². The monoisotopic (exact) mass is 400 g/mol. The Bertz CT molecular complexity index is 426. The van der Waals surface area contributed by atoms with Crippen LogP contribution in [0.2, 0.25) is 0 Å². The van der Waals surface area contributed by atoms with Gasteiger partial charge in [0.1, 0.15) is 5.82 Å². The highest BCUT2D eigenvalue weighted by Crippen LogP contribution is 2.34. The van der Waals surface area contributed by atoms with Gasteiger partial charge in [0.2, 0.25) is 0 Å². The summed E-state index contributed by atoms with van der Waals surface area (Å²) in [6.45, 7) is 8.54. The minimum atomic E-state index is -0.165. The molecule has 0 radical (unpaired) electrons. The Kier molecular flexibility index (Phi) is 10.1. The zero-order chi connectivity index (χ0) is 13.8. The molecule has 122 valence electrons. The second kappa shape index (κ2) is 10.0. The van der Waals surface area contributed by atoms with Gasteiger partial charge in [-0.05, 0) is 39.9 Å². The Labute approximate surface area is 147 Å². The van der Waals surface area contributed by atoms with Gasteiger partial charge in [-0.1, -0.05) is 26.0 Å². The molecule has 2 nitrogen and oxygen atoms in total. The molecule has 0 aromatic heterocycles. The van der Waals surface area contributed by atoms with E-state index in [1.54, 1.807) is 0 Å². The van der Waals surface area contributed by atoms with Crippen LogP contribution in [0.1, 0.15) is 31.9 Å². The van der Waals surface area contributed by atoms with Crippen LogP contribution in [0.3, 0.4) is 0 Å². The van der Waals surface area contributed by atoms with E-state index in [0.29, 0.717) is 16.4 Å². The number of benzene rings is 1. The van der Waals surface area contributed by atoms with Crippen LogP contribution in [0.25, 0.3) is 0 Å². The largest absolute Gasteiger partial charge is 0.314 e. The standard InChI is InChI=1S/C15H22BrFN2.2ClH/c1-11(2)10-14(19-8-6-18-7-9-19)12-4-3-5-13(17)15(12)16;;/h3-5,11,14,18H,6-10H2,1-2H3;2*1H/t14-;;/m1../s1. The van der Waals surface area contributed by atoms with Crippen LogP contribution in [-0.4, -0.2) is 31.1 Å². The molecule has 1 aromatic carbocycles. The molecule has 0 aliphatic carbocycles. The summed E-state index contributed by atoms with van der Waals surface area (Å²) in [4.78, 5) is 2.47. The van der Waals surface area contributed by atoms with Gasteiger partial charge >= 0.3 is 0 Å². The van der Waals surface area contributed by atoms with Crippen molar-refractivity contribution in [1.82, 2.24) is 10.2 Å². The van der Waals surface area contributed by atoms with Crippen LogP contribution >= 0.6 is 40.7 Å². The first-order chi connectivity index (χ1) is 9.09. The second-order valence-electron chi connectivity index (χ2n) is 5.57. The van der Waals surface area contributed by atoms with Gasteiger partial charge in [-0.25, -0.2) is 4.39 Å². The van der Waals surface area contributed by atoms with Crippen molar-refractivity contribution in [3.8, 4) is 0 Å². The lowest BCUT2D eigenvalue weighted by molar-refractivity contribution is 0.153. The quantitative estimate of drug-likeness (QED) is 0.802. The van der Waals surface area contributed by atoms with E-state index < -0.39 is 0 Å². The highest BCUT2D eigenvalue weighted by Gasteiger charge is 2.25. The maximum atomic E-state index is 13.8. The lowest BCUT2D eigenvalue weighted by atomic mass is 9.95. The Morgan fingerprint density at radius 2 is 1.86 bits per heavy atom. The molecule has 2 rings (SSSR count). The lowest BCUT2D eigenvalue weighted by Gasteiger charge is -2.36. The van der Waals surface area contributed by atoms with Gasteiger partial charge in [0.25, 0.3) is 0 Å². The average molecular weight is 402 g/mol. The van der Waals surface area contributed by atoms with E-state index in [1.165, 1.54) is 6.07 Å². The summed E-state index contributed by atoms with van der Waals surface area (Å²) in [5, 5.41) is 3.37. The van der Waals surface area contributed by atoms with Gasteiger partial charge in [-0.15, -0.1) is 24.8 Å². The molecule has 1 atom stereocenters. The first-order valence-electron chi connectivity index (χ1n) is 6.98. The van der Waals surface area contributed by atoms with Crippen LogP contribution in [-0.2, 0) is 0 Å². The van der Waals surface area contributed by atoms with Crippen molar-refractivity contribution in [3.63, 3.8) is 0 Å². The second-order valence-corrected chi connectivity index (χ2v) is 6.37. The summed E-state index contributed by atoms with van der Waals surface area (Å²) < 4.78 is 14.4. The van der Waals surface area contributed by atoms with E-state index in [0.717, 1.165) is 38.2 Å². The van der Waals surface area contributed by atoms with Crippen LogP contribution in [0.15, 0.2) is 22.7 Å². The topological polar surface area (TPSA) is 15.3 Å². The maximum absolute atomic E-state index is 13.8. The molecule has 0 amide bonds. The average Bonchev–Trinajstić information content (AvgIpc) is 2.40. The van der Waals surface area contributed by atoms with Crippen LogP contribution in [0.5, 0.6) is 0 Å². The fraction of sp³-hybridized carbons (Fsp3) is 0.600. The smallest absolute Gasteiger partial charge is 0.137 e. The molecular formula is C15H24BrCl2FN2. The fourth-order valence-corrected chi connectivity index (χ4v) is 3.22. The number of halogens is 4. The van der Waals surface area contributed by atoms with Crippen LogP contribution in [0.4, 0.5) is 4.39 Å². The van der Waals surface area contributed by atoms with Crippen molar-refractivity contribution >= 4 is 40.7 Å². The highest BCUT2D eigenvalue weighted by atomic mass is 79.9. The molecule has 0 bridgehead atoms. The predicted molar refractivity (Wildman–Crippen MR) is 95.2 cm³/mol. The fourth-order valence-electron chi connectivity index (χ4n) is 2.69. The van der Waals surface area contributed by atoms with Gasteiger partial charge in [0.05, 0.1) is 4.47 Å². The summed E-state index contributed by atoms with van der Waals surface area (Å²) >= 11 is 3.42. The minimum Gasteiger partial charge on any atom is -0.314 e. The number of piperazine rings is 1. The third-order valence-corrected chi connectivity index (χ3v) is 4.46. The van der Waals surface area contributed by atoms with Gasteiger partial charge < -0.3 is 5.32 Å². The predicted octanol–water partition coefficient (Wildman–Crippen LogP) is 4.42. The Morgan fingerprint density at radius 1 is 1.24 bits per heavy atom. The van der Waals surface area contributed by atoms with Gasteiger partial charge in [0, 0.05) is 32.2 Å². The molecule has 1 N–H and O–H groups in total. The van der Waals surface area contributed by atoms with Gasteiger partial charge in [-0.2, -0.15) is 0 Å². The molecule has 1 heterocycles. The zero-order valence-electron chi connectivity index (χ0n) is 12.4. The minimum absolute atomic E-state index is 0. The van der Waals surface area contributed by atoms with E-state index >= 15 is 0 Å². The summed E-state index contributed by atoms with van der Waals surface area (Å²) in [6, 6.07) is 5.66. The SMILES string of the molecule is CC(C)C[C@H](c1cccc(F)c1Br)N1CCNCC1.Cl.Cl. The molecular weight excluding hydrogens is 378 g/mol. The number of rotatable bonds is 4. The number of nitrogens with zero attached hydrogens (tertiary/aromatic N) is 1. The maximum Gasteiger partial charge on any atom is 0.137 e. The van der Waals surface area contributed by atoms with Gasteiger partial charge in [0.15, 0.2) is 0 Å². The summed E-state index contributed by atoms with van der Waals surface area (Å²) in [6.07, 6.45) is 1.06. The van der Waals surface area contributed by atoms with Crippen LogP contribution < -0.4 is 5.32 Å². The van der Waals surface area contributed by atoms with E-state index in [4.69, 9.17) is 0 Å². The van der Waals surface area contributed by atoms with E-state index in [-0.39, 0.29) is 30.6 Å². The molecule has 0 saturated carbocycles. The first kappa shape index (κ1) is 21.1. The number of nitrogens with one attached hydrogen (secondary N) is 1. The summed E-state index contributed by atoms with van der Waals surface area (Å²) in [7, 11) is 0. The van der Waals surface area contributed by atoms with E-state index in [1.807, 2.05) is 12.1 Å². The molecule has 1 saturated heterocycles. The van der Waals surface area contributed by atoms with E-state index in [2.05, 4.69) is 40.0 Å². The molecule has 0 unspecified atom stereocenters.